The average Bonchev–Trinajstić information content (AvgIpc) is 3.07. The minimum absolute atomic E-state index is 0.0424. The SMILES string of the molecule is CCC(C(=O)Nc1cc(C)on1)N1CCN(C(=O)c2ccccc2)CC1. The molecule has 0 spiro atoms. The van der Waals surface area contributed by atoms with Gasteiger partial charge in [-0.25, -0.2) is 0 Å². The zero-order valence-electron chi connectivity index (χ0n) is 15.1. The molecule has 1 N–H and O–H groups in total. The lowest BCUT2D eigenvalue weighted by Crippen LogP contribution is -2.54. The summed E-state index contributed by atoms with van der Waals surface area (Å²) >= 11 is 0. The Hall–Kier alpha value is -2.67. The summed E-state index contributed by atoms with van der Waals surface area (Å²) in [5.74, 6) is 1.04. The van der Waals surface area contributed by atoms with Crippen LogP contribution >= 0.6 is 0 Å². The van der Waals surface area contributed by atoms with Crippen molar-refractivity contribution in [3.63, 3.8) is 0 Å². The summed E-state index contributed by atoms with van der Waals surface area (Å²) in [5.41, 5.74) is 0.701. The Labute approximate surface area is 152 Å². The third-order valence-electron chi connectivity index (χ3n) is 4.63. The molecule has 1 aliphatic heterocycles. The molecule has 1 unspecified atom stereocenters. The number of nitrogens with zero attached hydrogens (tertiary/aromatic N) is 3. The van der Waals surface area contributed by atoms with E-state index in [4.69, 9.17) is 4.52 Å². The molecule has 1 atom stereocenters. The first kappa shape index (κ1) is 18.1. The fourth-order valence-electron chi connectivity index (χ4n) is 3.24. The van der Waals surface area contributed by atoms with Crippen molar-refractivity contribution in [3.05, 3.63) is 47.7 Å². The predicted molar refractivity (Wildman–Crippen MR) is 97.9 cm³/mol. The summed E-state index contributed by atoms with van der Waals surface area (Å²) < 4.78 is 4.98. The van der Waals surface area contributed by atoms with Crippen molar-refractivity contribution in [1.29, 1.82) is 0 Å². The van der Waals surface area contributed by atoms with Crippen LogP contribution in [0.15, 0.2) is 40.9 Å². The van der Waals surface area contributed by atoms with Crippen molar-refractivity contribution >= 4 is 17.6 Å². The highest BCUT2D eigenvalue weighted by Crippen LogP contribution is 2.15. The van der Waals surface area contributed by atoms with Crippen LogP contribution in [-0.2, 0) is 4.79 Å². The molecule has 1 saturated heterocycles. The largest absolute Gasteiger partial charge is 0.360 e. The maximum absolute atomic E-state index is 12.6. The van der Waals surface area contributed by atoms with Gasteiger partial charge in [0.2, 0.25) is 5.91 Å². The lowest BCUT2D eigenvalue weighted by Gasteiger charge is -2.38. The molecule has 3 rings (SSSR count). The number of benzene rings is 1. The van der Waals surface area contributed by atoms with Crippen LogP contribution in [0.5, 0.6) is 0 Å². The van der Waals surface area contributed by atoms with E-state index in [1.165, 1.54) is 0 Å². The highest BCUT2D eigenvalue weighted by atomic mass is 16.5. The second-order valence-electron chi connectivity index (χ2n) is 6.43. The van der Waals surface area contributed by atoms with E-state index in [1.807, 2.05) is 42.2 Å². The Kier molecular flexibility index (Phi) is 5.68. The Bertz CT molecular complexity index is 751. The first-order valence-corrected chi connectivity index (χ1v) is 8.91. The molecule has 2 heterocycles. The van der Waals surface area contributed by atoms with Crippen molar-refractivity contribution in [2.45, 2.75) is 26.3 Å². The standard InChI is InChI=1S/C19H24N4O3/c1-3-16(18(24)20-17-13-14(2)26-21-17)22-9-11-23(12-10-22)19(25)15-7-5-4-6-8-15/h4-8,13,16H,3,9-12H2,1-2H3,(H,20,21,24). The molecule has 1 aliphatic rings. The molecule has 2 amide bonds. The number of carbonyl (C=O) groups excluding carboxylic acids is 2. The molecule has 0 aliphatic carbocycles. The first-order chi connectivity index (χ1) is 12.6. The van der Waals surface area contributed by atoms with E-state index in [1.54, 1.807) is 13.0 Å². The highest BCUT2D eigenvalue weighted by molar-refractivity contribution is 5.95. The second kappa shape index (κ2) is 8.14. The number of carbonyl (C=O) groups is 2. The second-order valence-corrected chi connectivity index (χ2v) is 6.43. The van der Waals surface area contributed by atoms with Crippen LogP contribution in [0.25, 0.3) is 0 Å². The minimum Gasteiger partial charge on any atom is -0.360 e. The highest BCUT2D eigenvalue weighted by Gasteiger charge is 2.30. The van der Waals surface area contributed by atoms with Gasteiger partial charge in [0, 0.05) is 37.8 Å². The van der Waals surface area contributed by atoms with Crippen molar-refractivity contribution < 1.29 is 14.1 Å². The molecule has 1 aromatic heterocycles. The van der Waals surface area contributed by atoms with Gasteiger partial charge in [0.25, 0.3) is 5.91 Å². The van der Waals surface area contributed by atoms with Crippen LogP contribution in [0.3, 0.4) is 0 Å². The van der Waals surface area contributed by atoms with Gasteiger partial charge in [-0.05, 0) is 25.5 Å². The number of aromatic nitrogens is 1. The summed E-state index contributed by atoms with van der Waals surface area (Å²) in [6, 6.07) is 10.7. The molecule has 138 valence electrons. The Morgan fingerprint density at radius 1 is 1.19 bits per heavy atom. The molecule has 26 heavy (non-hydrogen) atoms. The summed E-state index contributed by atoms with van der Waals surface area (Å²) in [6.07, 6.45) is 0.690. The van der Waals surface area contributed by atoms with E-state index in [0.717, 1.165) is 0 Å². The van der Waals surface area contributed by atoms with Crippen molar-refractivity contribution in [3.8, 4) is 0 Å². The number of anilines is 1. The van der Waals surface area contributed by atoms with Crippen molar-refractivity contribution in [2.75, 3.05) is 31.5 Å². The van der Waals surface area contributed by atoms with E-state index in [9.17, 15) is 9.59 Å². The molecular formula is C19H24N4O3. The van der Waals surface area contributed by atoms with Gasteiger partial charge in [-0.3, -0.25) is 14.5 Å². The van der Waals surface area contributed by atoms with E-state index in [-0.39, 0.29) is 17.9 Å². The van der Waals surface area contributed by atoms with Gasteiger partial charge >= 0.3 is 0 Å². The Morgan fingerprint density at radius 2 is 1.88 bits per heavy atom. The molecule has 0 saturated carbocycles. The first-order valence-electron chi connectivity index (χ1n) is 8.91. The normalized spacial score (nSPS) is 16.3. The topological polar surface area (TPSA) is 78.7 Å². The fraction of sp³-hybridized carbons (Fsp3) is 0.421. The van der Waals surface area contributed by atoms with E-state index in [2.05, 4.69) is 15.4 Å². The van der Waals surface area contributed by atoms with Crippen molar-refractivity contribution in [2.24, 2.45) is 0 Å². The zero-order chi connectivity index (χ0) is 18.5. The number of hydrogen-bond donors (Lipinski definition) is 1. The molecule has 1 aromatic carbocycles. The smallest absolute Gasteiger partial charge is 0.253 e. The number of hydrogen-bond acceptors (Lipinski definition) is 5. The van der Waals surface area contributed by atoms with Gasteiger partial charge in [0.1, 0.15) is 5.76 Å². The number of amides is 2. The van der Waals surface area contributed by atoms with Gasteiger partial charge in [-0.2, -0.15) is 0 Å². The lowest BCUT2D eigenvalue weighted by molar-refractivity contribution is -0.122. The third kappa shape index (κ3) is 4.11. The van der Waals surface area contributed by atoms with E-state index in [0.29, 0.717) is 49.7 Å². The van der Waals surface area contributed by atoms with Gasteiger partial charge in [-0.15, -0.1) is 0 Å². The quantitative estimate of drug-likeness (QED) is 0.888. The number of rotatable bonds is 5. The summed E-state index contributed by atoms with van der Waals surface area (Å²) in [6.45, 7) is 6.33. The van der Waals surface area contributed by atoms with E-state index < -0.39 is 0 Å². The number of nitrogens with one attached hydrogen (secondary N) is 1. The van der Waals surface area contributed by atoms with Crippen LogP contribution in [0.4, 0.5) is 5.82 Å². The molecule has 0 radical (unpaired) electrons. The van der Waals surface area contributed by atoms with Crippen molar-refractivity contribution in [1.82, 2.24) is 15.0 Å². The lowest BCUT2D eigenvalue weighted by atomic mass is 10.1. The average molecular weight is 356 g/mol. The molecule has 7 nitrogen and oxygen atoms in total. The number of aryl methyl sites for hydroxylation is 1. The maximum Gasteiger partial charge on any atom is 0.253 e. The summed E-state index contributed by atoms with van der Waals surface area (Å²) in [5, 5.41) is 6.61. The van der Waals surface area contributed by atoms with Crippen LogP contribution in [-0.4, -0.2) is 59.0 Å². The van der Waals surface area contributed by atoms with Gasteiger partial charge in [-0.1, -0.05) is 30.3 Å². The van der Waals surface area contributed by atoms with Crippen LogP contribution in [0.2, 0.25) is 0 Å². The summed E-state index contributed by atoms with van der Waals surface area (Å²) in [7, 11) is 0. The monoisotopic (exact) mass is 356 g/mol. The van der Waals surface area contributed by atoms with Gasteiger partial charge in [0.05, 0.1) is 6.04 Å². The third-order valence-corrected chi connectivity index (χ3v) is 4.63. The van der Waals surface area contributed by atoms with Crippen LogP contribution < -0.4 is 5.32 Å². The zero-order valence-corrected chi connectivity index (χ0v) is 15.1. The predicted octanol–water partition coefficient (Wildman–Crippen LogP) is 2.16. The Morgan fingerprint density at radius 3 is 2.46 bits per heavy atom. The van der Waals surface area contributed by atoms with Crippen LogP contribution in [0, 0.1) is 6.92 Å². The van der Waals surface area contributed by atoms with Gasteiger partial charge < -0.3 is 14.7 Å². The van der Waals surface area contributed by atoms with E-state index >= 15 is 0 Å². The molecular weight excluding hydrogens is 332 g/mol. The minimum atomic E-state index is -0.249. The Balaban J connectivity index is 1.57. The maximum atomic E-state index is 12.6. The molecule has 2 aromatic rings. The molecule has 0 bridgehead atoms. The molecule has 7 heteroatoms. The van der Waals surface area contributed by atoms with Crippen LogP contribution in [0.1, 0.15) is 29.5 Å². The summed E-state index contributed by atoms with van der Waals surface area (Å²) in [4.78, 5) is 29.1. The number of piperazine rings is 1. The van der Waals surface area contributed by atoms with Gasteiger partial charge in [0.15, 0.2) is 5.82 Å². The fourth-order valence-corrected chi connectivity index (χ4v) is 3.24. The molecule has 1 fully saturated rings.